The summed E-state index contributed by atoms with van der Waals surface area (Å²) in [5.74, 6) is -2.21. The topological polar surface area (TPSA) is 47.6 Å². The predicted molar refractivity (Wildman–Crippen MR) is 80.7 cm³/mol. The van der Waals surface area contributed by atoms with Crippen LogP contribution in [0.2, 0.25) is 0 Å². The number of carbonyl (C=O) groups is 1. The van der Waals surface area contributed by atoms with Crippen LogP contribution in [0.1, 0.15) is 5.56 Å². The largest absolute Gasteiger partial charge is 0.492 e. The minimum atomic E-state index is -0.868. The summed E-state index contributed by atoms with van der Waals surface area (Å²) in [6.45, 7) is 0.226. The van der Waals surface area contributed by atoms with E-state index in [1.165, 1.54) is 7.11 Å². The fourth-order valence-corrected chi connectivity index (χ4v) is 2.57. The van der Waals surface area contributed by atoms with Crippen molar-refractivity contribution < 1.29 is 23.0 Å². The molecular formula is C17H15F2NO3. The summed E-state index contributed by atoms with van der Waals surface area (Å²) in [4.78, 5) is 12.3. The average Bonchev–Trinajstić information content (AvgIpc) is 2.54. The van der Waals surface area contributed by atoms with Crippen molar-refractivity contribution in [2.45, 2.75) is 6.42 Å². The average molecular weight is 319 g/mol. The molecule has 1 atom stereocenters. The van der Waals surface area contributed by atoms with Crippen LogP contribution in [-0.4, -0.2) is 19.6 Å². The number of benzene rings is 2. The van der Waals surface area contributed by atoms with Gasteiger partial charge in [0, 0.05) is 17.8 Å². The first-order valence-corrected chi connectivity index (χ1v) is 7.13. The molecule has 0 bridgehead atoms. The van der Waals surface area contributed by atoms with E-state index in [2.05, 4.69) is 10.1 Å². The molecule has 1 amide bonds. The molecule has 23 heavy (non-hydrogen) atoms. The summed E-state index contributed by atoms with van der Waals surface area (Å²) in [6, 6.07) is 9.52. The normalized spacial score (nSPS) is 16.2. The lowest BCUT2D eigenvalue weighted by molar-refractivity contribution is -0.121. The van der Waals surface area contributed by atoms with Crippen LogP contribution in [-0.2, 0) is 11.2 Å². The number of carbonyl (C=O) groups excluding carboxylic acids is 1. The summed E-state index contributed by atoms with van der Waals surface area (Å²) in [5.41, 5.74) is 0.982. The zero-order chi connectivity index (χ0) is 16.4. The number of fused-ring (bicyclic) bond motifs is 1. The Morgan fingerprint density at radius 3 is 2.65 bits per heavy atom. The molecule has 1 aliphatic heterocycles. The molecule has 120 valence electrons. The van der Waals surface area contributed by atoms with E-state index < -0.39 is 23.3 Å². The fraction of sp³-hybridized carbons (Fsp3) is 0.235. The van der Waals surface area contributed by atoms with Gasteiger partial charge in [-0.2, -0.15) is 0 Å². The van der Waals surface area contributed by atoms with E-state index in [-0.39, 0.29) is 18.2 Å². The molecule has 1 aliphatic rings. The molecule has 2 aromatic carbocycles. The number of nitrogens with one attached hydrogen (secondary N) is 1. The van der Waals surface area contributed by atoms with Crippen LogP contribution in [0.25, 0.3) is 0 Å². The zero-order valence-electron chi connectivity index (χ0n) is 12.4. The number of anilines is 1. The molecule has 1 heterocycles. The molecule has 3 rings (SSSR count). The van der Waals surface area contributed by atoms with Crippen molar-refractivity contribution in [1.29, 1.82) is 0 Å². The van der Waals surface area contributed by atoms with Gasteiger partial charge in [-0.3, -0.25) is 4.79 Å². The summed E-state index contributed by atoms with van der Waals surface area (Å²) < 4.78 is 37.5. The van der Waals surface area contributed by atoms with Crippen molar-refractivity contribution in [3.05, 3.63) is 53.6 Å². The summed E-state index contributed by atoms with van der Waals surface area (Å²) in [5, 5.41) is 2.52. The van der Waals surface area contributed by atoms with Crippen LogP contribution in [0.15, 0.2) is 36.4 Å². The van der Waals surface area contributed by atoms with Crippen LogP contribution in [0.5, 0.6) is 11.5 Å². The molecule has 0 aromatic heterocycles. The number of rotatable bonds is 3. The van der Waals surface area contributed by atoms with Crippen LogP contribution >= 0.6 is 0 Å². The number of para-hydroxylation sites is 1. The Hall–Kier alpha value is -2.63. The third-order valence-electron chi connectivity index (χ3n) is 3.72. The number of methoxy groups -OCH3 is 1. The Labute approximate surface area is 132 Å². The van der Waals surface area contributed by atoms with Crippen molar-refractivity contribution in [3.63, 3.8) is 0 Å². The molecule has 0 saturated heterocycles. The third-order valence-corrected chi connectivity index (χ3v) is 3.72. The van der Waals surface area contributed by atoms with Gasteiger partial charge in [0.25, 0.3) is 0 Å². The maximum absolute atomic E-state index is 13.7. The lowest BCUT2D eigenvalue weighted by Gasteiger charge is -2.24. The Balaban J connectivity index is 1.73. The quantitative estimate of drug-likeness (QED) is 0.945. The minimum absolute atomic E-state index is 0.0460. The summed E-state index contributed by atoms with van der Waals surface area (Å²) in [6.07, 6.45) is 0.517. The lowest BCUT2D eigenvalue weighted by Crippen LogP contribution is -2.32. The molecular weight excluding hydrogens is 304 g/mol. The second kappa shape index (κ2) is 6.24. The molecule has 0 fully saturated rings. The molecule has 0 saturated carbocycles. The molecule has 6 heteroatoms. The zero-order valence-corrected chi connectivity index (χ0v) is 12.4. The molecule has 0 radical (unpaired) electrons. The number of halogens is 2. The Morgan fingerprint density at radius 2 is 1.96 bits per heavy atom. The highest BCUT2D eigenvalue weighted by Gasteiger charge is 2.26. The molecule has 2 aromatic rings. The highest BCUT2D eigenvalue weighted by atomic mass is 19.1. The smallest absolute Gasteiger partial charge is 0.231 e. The third kappa shape index (κ3) is 3.11. The summed E-state index contributed by atoms with van der Waals surface area (Å²) >= 11 is 0. The second-order valence-electron chi connectivity index (χ2n) is 5.28. The Kier molecular flexibility index (Phi) is 4.14. The lowest BCUT2D eigenvalue weighted by atomic mass is 9.96. The highest BCUT2D eigenvalue weighted by molar-refractivity contribution is 5.93. The standard InChI is InChI=1S/C17H15F2NO3/c1-22-16-13(18)7-12(8-14(16)19)20-17(21)11-6-10-4-2-3-5-15(10)23-9-11/h2-5,7-8,11H,6,9H2,1H3,(H,20,21). The first kappa shape index (κ1) is 15.3. The van der Waals surface area contributed by atoms with Gasteiger partial charge in [-0.1, -0.05) is 18.2 Å². The predicted octanol–water partition coefficient (Wildman–Crippen LogP) is 3.16. The number of hydrogen-bond acceptors (Lipinski definition) is 3. The van der Waals surface area contributed by atoms with Gasteiger partial charge in [0.15, 0.2) is 17.4 Å². The van der Waals surface area contributed by atoms with Crippen LogP contribution in [0.3, 0.4) is 0 Å². The van der Waals surface area contributed by atoms with E-state index in [9.17, 15) is 13.6 Å². The van der Waals surface area contributed by atoms with E-state index in [1.807, 2.05) is 24.3 Å². The van der Waals surface area contributed by atoms with Crippen molar-refractivity contribution in [1.82, 2.24) is 0 Å². The van der Waals surface area contributed by atoms with Gasteiger partial charge in [-0.05, 0) is 18.1 Å². The van der Waals surface area contributed by atoms with E-state index >= 15 is 0 Å². The Morgan fingerprint density at radius 1 is 1.26 bits per heavy atom. The first-order chi connectivity index (χ1) is 11.1. The second-order valence-corrected chi connectivity index (χ2v) is 5.28. The SMILES string of the molecule is COc1c(F)cc(NC(=O)C2COc3ccccc3C2)cc1F. The van der Waals surface area contributed by atoms with Crippen molar-refractivity contribution in [2.24, 2.45) is 5.92 Å². The minimum Gasteiger partial charge on any atom is -0.492 e. The maximum atomic E-state index is 13.7. The van der Waals surface area contributed by atoms with Crippen molar-refractivity contribution in [3.8, 4) is 11.5 Å². The van der Waals surface area contributed by atoms with Gasteiger partial charge in [0.2, 0.25) is 5.91 Å². The number of amides is 1. The molecule has 1 unspecified atom stereocenters. The maximum Gasteiger partial charge on any atom is 0.231 e. The van der Waals surface area contributed by atoms with E-state index in [0.717, 1.165) is 23.4 Å². The number of hydrogen-bond donors (Lipinski definition) is 1. The molecule has 0 aliphatic carbocycles. The summed E-state index contributed by atoms with van der Waals surface area (Å²) in [7, 11) is 1.18. The molecule has 1 N–H and O–H groups in total. The highest BCUT2D eigenvalue weighted by Crippen LogP contribution is 2.29. The van der Waals surface area contributed by atoms with Gasteiger partial charge in [0.1, 0.15) is 12.4 Å². The van der Waals surface area contributed by atoms with Gasteiger partial charge < -0.3 is 14.8 Å². The molecule has 4 nitrogen and oxygen atoms in total. The van der Waals surface area contributed by atoms with E-state index in [0.29, 0.717) is 6.42 Å². The van der Waals surface area contributed by atoms with Gasteiger partial charge in [-0.25, -0.2) is 8.78 Å². The first-order valence-electron chi connectivity index (χ1n) is 7.13. The van der Waals surface area contributed by atoms with Crippen LogP contribution < -0.4 is 14.8 Å². The van der Waals surface area contributed by atoms with E-state index in [4.69, 9.17) is 4.74 Å². The van der Waals surface area contributed by atoms with Gasteiger partial charge >= 0.3 is 0 Å². The Bertz CT molecular complexity index is 725. The van der Waals surface area contributed by atoms with Crippen LogP contribution in [0, 0.1) is 17.6 Å². The van der Waals surface area contributed by atoms with E-state index in [1.54, 1.807) is 0 Å². The number of ether oxygens (including phenoxy) is 2. The monoisotopic (exact) mass is 319 g/mol. The van der Waals surface area contributed by atoms with Crippen molar-refractivity contribution >= 4 is 11.6 Å². The van der Waals surface area contributed by atoms with Gasteiger partial charge in [0.05, 0.1) is 13.0 Å². The van der Waals surface area contributed by atoms with Crippen LogP contribution in [0.4, 0.5) is 14.5 Å². The fourth-order valence-electron chi connectivity index (χ4n) is 2.57. The van der Waals surface area contributed by atoms with Gasteiger partial charge in [-0.15, -0.1) is 0 Å². The molecule has 0 spiro atoms. The van der Waals surface area contributed by atoms with Crippen molar-refractivity contribution in [2.75, 3.05) is 19.0 Å².